The smallest absolute Gasteiger partial charge is 0.0233 e. The summed E-state index contributed by atoms with van der Waals surface area (Å²) in [7, 11) is 0. The lowest BCUT2D eigenvalue weighted by Gasteiger charge is -2.28. The molecule has 1 aliphatic carbocycles. The van der Waals surface area contributed by atoms with Crippen LogP contribution in [-0.4, -0.2) is 24.0 Å². The van der Waals surface area contributed by atoms with Gasteiger partial charge in [-0.05, 0) is 36.7 Å². The highest BCUT2D eigenvalue weighted by atomic mass is 15.2. The number of fused-ring (bicyclic) bond motifs is 1. The van der Waals surface area contributed by atoms with Crippen molar-refractivity contribution in [3.05, 3.63) is 35.9 Å². The van der Waals surface area contributed by atoms with Crippen LogP contribution in [0.25, 0.3) is 0 Å². The van der Waals surface area contributed by atoms with Gasteiger partial charge in [0.25, 0.3) is 0 Å². The summed E-state index contributed by atoms with van der Waals surface area (Å²) in [5.74, 6) is 1.78. The van der Waals surface area contributed by atoms with Crippen molar-refractivity contribution < 1.29 is 0 Å². The zero-order chi connectivity index (χ0) is 11.7. The molecule has 2 heteroatoms. The van der Waals surface area contributed by atoms with Gasteiger partial charge in [-0.1, -0.05) is 30.3 Å². The first-order valence-electron chi connectivity index (χ1n) is 6.83. The molecule has 17 heavy (non-hydrogen) atoms. The lowest BCUT2D eigenvalue weighted by Crippen LogP contribution is -2.32. The van der Waals surface area contributed by atoms with Gasteiger partial charge in [0, 0.05) is 25.7 Å². The average molecular weight is 230 g/mol. The summed E-state index contributed by atoms with van der Waals surface area (Å²) in [5, 5.41) is 0. The fraction of sp³-hybridized carbons (Fsp3) is 0.600. The van der Waals surface area contributed by atoms with E-state index in [0.717, 1.165) is 18.4 Å². The minimum absolute atomic E-state index is 0.466. The Hall–Kier alpha value is -0.860. The lowest BCUT2D eigenvalue weighted by atomic mass is 9.79. The minimum atomic E-state index is 0.466. The maximum Gasteiger partial charge on any atom is 0.0233 e. The summed E-state index contributed by atoms with van der Waals surface area (Å²) in [6.45, 7) is 3.66. The Morgan fingerprint density at radius 1 is 1.06 bits per heavy atom. The summed E-state index contributed by atoms with van der Waals surface area (Å²) in [6, 6.07) is 11.3. The normalized spacial score (nSPS) is 33.6. The number of nitrogens with two attached hydrogens (primary N) is 1. The van der Waals surface area contributed by atoms with Crippen molar-refractivity contribution in [1.82, 2.24) is 4.90 Å². The topological polar surface area (TPSA) is 29.3 Å². The van der Waals surface area contributed by atoms with Crippen LogP contribution in [0.5, 0.6) is 0 Å². The maximum atomic E-state index is 6.07. The molecule has 1 saturated carbocycles. The Kier molecular flexibility index (Phi) is 3.17. The zero-order valence-electron chi connectivity index (χ0n) is 10.4. The predicted octanol–water partition coefficient (Wildman–Crippen LogP) is 2.25. The zero-order valence-corrected chi connectivity index (χ0v) is 10.4. The van der Waals surface area contributed by atoms with E-state index in [9.17, 15) is 0 Å². The van der Waals surface area contributed by atoms with Gasteiger partial charge in [-0.3, -0.25) is 4.90 Å². The van der Waals surface area contributed by atoms with Crippen molar-refractivity contribution in [1.29, 1.82) is 0 Å². The van der Waals surface area contributed by atoms with Crippen LogP contribution < -0.4 is 5.73 Å². The van der Waals surface area contributed by atoms with Gasteiger partial charge in [-0.25, -0.2) is 0 Å². The molecule has 1 aliphatic heterocycles. The Balaban J connectivity index is 1.60. The molecule has 1 heterocycles. The first-order valence-corrected chi connectivity index (χ1v) is 6.83. The van der Waals surface area contributed by atoms with Gasteiger partial charge >= 0.3 is 0 Å². The van der Waals surface area contributed by atoms with Gasteiger partial charge in [-0.15, -0.1) is 0 Å². The highest BCUT2D eigenvalue weighted by molar-refractivity contribution is 5.14. The second kappa shape index (κ2) is 4.79. The molecule has 2 aliphatic rings. The second-order valence-electron chi connectivity index (χ2n) is 5.77. The molecule has 3 rings (SSSR count). The van der Waals surface area contributed by atoms with E-state index in [1.807, 2.05) is 0 Å². The van der Waals surface area contributed by atoms with Gasteiger partial charge in [0.1, 0.15) is 0 Å². The molecule has 1 aromatic carbocycles. The average Bonchev–Trinajstić information content (AvgIpc) is 2.71. The maximum absolute atomic E-state index is 6.07. The van der Waals surface area contributed by atoms with Crippen molar-refractivity contribution in [2.24, 2.45) is 17.6 Å². The molecule has 92 valence electrons. The minimum Gasteiger partial charge on any atom is -0.328 e. The van der Waals surface area contributed by atoms with Gasteiger partial charge in [-0.2, -0.15) is 0 Å². The van der Waals surface area contributed by atoms with Crippen molar-refractivity contribution >= 4 is 0 Å². The SMILES string of the molecule is N[C@@H]1CC[C@@H]2CN(Cc3ccccc3)C[C@H]2C1. The molecular weight excluding hydrogens is 208 g/mol. The highest BCUT2D eigenvalue weighted by Gasteiger charge is 2.36. The summed E-state index contributed by atoms with van der Waals surface area (Å²) in [4.78, 5) is 2.61. The van der Waals surface area contributed by atoms with E-state index < -0.39 is 0 Å². The van der Waals surface area contributed by atoms with Gasteiger partial charge in [0.15, 0.2) is 0 Å². The second-order valence-corrected chi connectivity index (χ2v) is 5.77. The van der Waals surface area contributed by atoms with Gasteiger partial charge in [0.05, 0.1) is 0 Å². The van der Waals surface area contributed by atoms with E-state index in [-0.39, 0.29) is 0 Å². The Labute approximate surface area is 104 Å². The van der Waals surface area contributed by atoms with Crippen LogP contribution in [0.3, 0.4) is 0 Å². The Morgan fingerprint density at radius 2 is 1.82 bits per heavy atom. The lowest BCUT2D eigenvalue weighted by molar-refractivity contribution is 0.271. The van der Waals surface area contributed by atoms with Crippen molar-refractivity contribution in [2.45, 2.75) is 31.8 Å². The number of hydrogen-bond acceptors (Lipinski definition) is 2. The molecule has 0 bridgehead atoms. The van der Waals surface area contributed by atoms with E-state index in [2.05, 4.69) is 35.2 Å². The standard InChI is InChI=1S/C15H22N2/c16-15-7-6-13-10-17(11-14(13)8-15)9-12-4-2-1-3-5-12/h1-5,13-15H,6-11,16H2/t13-,14-,15-/m1/s1. The summed E-state index contributed by atoms with van der Waals surface area (Å²) >= 11 is 0. The van der Waals surface area contributed by atoms with Crippen LogP contribution in [0.15, 0.2) is 30.3 Å². The third kappa shape index (κ3) is 2.53. The van der Waals surface area contributed by atoms with Crippen LogP contribution in [0.2, 0.25) is 0 Å². The fourth-order valence-electron chi connectivity index (χ4n) is 3.54. The van der Waals surface area contributed by atoms with Crippen LogP contribution in [0.1, 0.15) is 24.8 Å². The Bertz CT molecular complexity index is 362. The summed E-state index contributed by atoms with van der Waals surface area (Å²) < 4.78 is 0. The number of hydrogen-bond donors (Lipinski definition) is 1. The van der Waals surface area contributed by atoms with Crippen molar-refractivity contribution in [2.75, 3.05) is 13.1 Å². The number of likely N-dealkylation sites (tertiary alicyclic amines) is 1. The molecular formula is C15H22N2. The summed E-state index contributed by atoms with van der Waals surface area (Å²) in [6.07, 6.45) is 3.83. The largest absolute Gasteiger partial charge is 0.328 e. The molecule has 0 amide bonds. The molecule has 1 aromatic rings. The first-order chi connectivity index (χ1) is 8.31. The van der Waals surface area contributed by atoms with Crippen molar-refractivity contribution in [3.8, 4) is 0 Å². The molecule has 2 nitrogen and oxygen atoms in total. The van der Waals surface area contributed by atoms with Crippen LogP contribution in [0.4, 0.5) is 0 Å². The molecule has 0 unspecified atom stereocenters. The van der Waals surface area contributed by atoms with Gasteiger partial charge in [0.2, 0.25) is 0 Å². The number of nitrogens with zero attached hydrogens (tertiary/aromatic N) is 1. The monoisotopic (exact) mass is 230 g/mol. The van der Waals surface area contributed by atoms with Crippen LogP contribution in [0, 0.1) is 11.8 Å². The molecule has 0 aromatic heterocycles. The van der Waals surface area contributed by atoms with E-state index in [0.29, 0.717) is 6.04 Å². The van der Waals surface area contributed by atoms with Crippen LogP contribution >= 0.6 is 0 Å². The molecule has 3 atom stereocenters. The number of benzene rings is 1. The fourth-order valence-corrected chi connectivity index (χ4v) is 3.54. The quantitative estimate of drug-likeness (QED) is 0.844. The highest BCUT2D eigenvalue weighted by Crippen LogP contribution is 2.36. The third-order valence-electron chi connectivity index (χ3n) is 4.41. The first kappa shape index (κ1) is 11.2. The Morgan fingerprint density at radius 3 is 2.65 bits per heavy atom. The molecule has 2 fully saturated rings. The molecule has 1 saturated heterocycles. The number of rotatable bonds is 2. The third-order valence-corrected chi connectivity index (χ3v) is 4.41. The van der Waals surface area contributed by atoms with E-state index in [4.69, 9.17) is 5.73 Å². The molecule has 0 spiro atoms. The van der Waals surface area contributed by atoms with Crippen molar-refractivity contribution in [3.63, 3.8) is 0 Å². The van der Waals surface area contributed by atoms with E-state index >= 15 is 0 Å². The van der Waals surface area contributed by atoms with E-state index in [1.165, 1.54) is 37.9 Å². The molecule has 2 N–H and O–H groups in total. The predicted molar refractivity (Wildman–Crippen MR) is 70.5 cm³/mol. The van der Waals surface area contributed by atoms with Gasteiger partial charge < -0.3 is 5.73 Å². The van der Waals surface area contributed by atoms with E-state index in [1.54, 1.807) is 0 Å². The summed E-state index contributed by atoms with van der Waals surface area (Å²) in [5.41, 5.74) is 7.51. The van der Waals surface area contributed by atoms with Crippen LogP contribution in [-0.2, 0) is 6.54 Å². The molecule has 0 radical (unpaired) electrons.